The van der Waals surface area contributed by atoms with Crippen LogP contribution in [0, 0.1) is 11.8 Å². The van der Waals surface area contributed by atoms with Gasteiger partial charge in [-0.25, -0.2) is 0 Å². The van der Waals surface area contributed by atoms with E-state index in [9.17, 15) is 0 Å². The lowest BCUT2D eigenvalue weighted by atomic mass is 9.98. The van der Waals surface area contributed by atoms with Crippen LogP contribution in [-0.4, -0.2) is 36.6 Å². The van der Waals surface area contributed by atoms with Gasteiger partial charge in [-0.3, -0.25) is 4.90 Å². The van der Waals surface area contributed by atoms with Gasteiger partial charge in [0.05, 0.1) is 0 Å². The van der Waals surface area contributed by atoms with Gasteiger partial charge < -0.3 is 5.32 Å². The molecule has 0 amide bonds. The van der Waals surface area contributed by atoms with Crippen molar-refractivity contribution in [2.75, 3.05) is 20.1 Å². The zero-order valence-electron chi connectivity index (χ0n) is 10.0. The first kappa shape index (κ1) is 10.4. The Labute approximate surface area is 88.1 Å². The summed E-state index contributed by atoms with van der Waals surface area (Å²) in [6.07, 6.45) is 2.83. The van der Waals surface area contributed by atoms with Crippen molar-refractivity contribution in [3.05, 3.63) is 0 Å². The lowest BCUT2D eigenvalue weighted by Crippen LogP contribution is -2.41. The second-order valence-electron chi connectivity index (χ2n) is 5.97. The predicted octanol–water partition coefficient (Wildman–Crippen LogP) is 1.71. The van der Waals surface area contributed by atoms with E-state index >= 15 is 0 Å². The lowest BCUT2D eigenvalue weighted by Gasteiger charge is -2.33. The van der Waals surface area contributed by atoms with Gasteiger partial charge in [0.1, 0.15) is 0 Å². The average Bonchev–Trinajstić information content (AvgIpc) is 2.58. The molecule has 1 saturated carbocycles. The first-order valence-electron chi connectivity index (χ1n) is 5.94. The van der Waals surface area contributed by atoms with E-state index < -0.39 is 0 Å². The number of nitrogens with one attached hydrogen (secondary N) is 1. The van der Waals surface area contributed by atoms with E-state index in [1.807, 2.05) is 0 Å². The standard InChI is InChI=1S/C12H24N2/c1-12(2,3)14-7-9-5-6-11(13-4)10(9)8-14/h9-11,13H,5-8H2,1-4H3/t9-,10-,11+/m0/s1. The fourth-order valence-corrected chi connectivity index (χ4v) is 3.17. The van der Waals surface area contributed by atoms with Gasteiger partial charge in [0, 0.05) is 24.7 Å². The van der Waals surface area contributed by atoms with Gasteiger partial charge in [-0.2, -0.15) is 0 Å². The summed E-state index contributed by atoms with van der Waals surface area (Å²) in [5, 5.41) is 3.48. The Bertz CT molecular complexity index is 207. The molecule has 1 heterocycles. The Balaban J connectivity index is 2.01. The van der Waals surface area contributed by atoms with E-state index in [0.717, 1.165) is 17.9 Å². The molecular formula is C12H24N2. The van der Waals surface area contributed by atoms with Crippen LogP contribution in [0.3, 0.4) is 0 Å². The molecule has 3 atom stereocenters. The van der Waals surface area contributed by atoms with E-state index in [1.54, 1.807) is 0 Å². The lowest BCUT2D eigenvalue weighted by molar-refractivity contribution is 0.158. The van der Waals surface area contributed by atoms with Crippen molar-refractivity contribution in [2.24, 2.45) is 11.8 Å². The molecule has 14 heavy (non-hydrogen) atoms. The largest absolute Gasteiger partial charge is 0.317 e. The molecule has 2 aliphatic rings. The van der Waals surface area contributed by atoms with Crippen molar-refractivity contribution in [3.63, 3.8) is 0 Å². The van der Waals surface area contributed by atoms with E-state index in [2.05, 4.69) is 38.0 Å². The first-order valence-corrected chi connectivity index (χ1v) is 5.94. The fourth-order valence-electron chi connectivity index (χ4n) is 3.17. The van der Waals surface area contributed by atoms with Crippen molar-refractivity contribution in [3.8, 4) is 0 Å². The van der Waals surface area contributed by atoms with Gasteiger partial charge in [0.15, 0.2) is 0 Å². The van der Waals surface area contributed by atoms with E-state index in [-0.39, 0.29) is 0 Å². The van der Waals surface area contributed by atoms with Gasteiger partial charge >= 0.3 is 0 Å². The van der Waals surface area contributed by atoms with Crippen LogP contribution in [0.4, 0.5) is 0 Å². The van der Waals surface area contributed by atoms with Crippen LogP contribution in [0.1, 0.15) is 33.6 Å². The molecular weight excluding hydrogens is 172 g/mol. The highest BCUT2D eigenvalue weighted by Crippen LogP contribution is 2.40. The zero-order chi connectivity index (χ0) is 10.3. The van der Waals surface area contributed by atoms with Crippen LogP contribution in [0.5, 0.6) is 0 Å². The Morgan fingerprint density at radius 1 is 1.14 bits per heavy atom. The van der Waals surface area contributed by atoms with Crippen molar-refractivity contribution < 1.29 is 0 Å². The Hall–Kier alpha value is -0.0800. The maximum atomic E-state index is 3.48. The highest BCUT2D eigenvalue weighted by molar-refractivity contribution is 4.99. The molecule has 0 spiro atoms. The van der Waals surface area contributed by atoms with Crippen molar-refractivity contribution in [1.29, 1.82) is 0 Å². The van der Waals surface area contributed by atoms with Crippen LogP contribution in [-0.2, 0) is 0 Å². The molecule has 0 unspecified atom stereocenters. The number of nitrogens with zero attached hydrogens (tertiary/aromatic N) is 1. The molecule has 2 rings (SSSR count). The van der Waals surface area contributed by atoms with Crippen molar-refractivity contribution in [2.45, 2.75) is 45.2 Å². The highest BCUT2D eigenvalue weighted by Gasteiger charge is 2.44. The molecule has 0 aromatic rings. The number of hydrogen-bond donors (Lipinski definition) is 1. The third kappa shape index (κ3) is 1.70. The number of likely N-dealkylation sites (tertiary alicyclic amines) is 1. The normalized spacial score (nSPS) is 39.0. The quantitative estimate of drug-likeness (QED) is 0.687. The van der Waals surface area contributed by atoms with Gasteiger partial charge in [0.25, 0.3) is 0 Å². The number of rotatable bonds is 1. The van der Waals surface area contributed by atoms with Crippen LogP contribution < -0.4 is 5.32 Å². The molecule has 82 valence electrons. The molecule has 2 heteroatoms. The minimum absolute atomic E-state index is 0.364. The highest BCUT2D eigenvalue weighted by atomic mass is 15.2. The van der Waals surface area contributed by atoms with Crippen LogP contribution in [0.25, 0.3) is 0 Å². The number of hydrogen-bond acceptors (Lipinski definition) is 2. The molecule has 2 nitrogen and oxygen atoms in total. The van der Waals surface area contributed by atoms with Crippen LogP contribution >= 0.6 is 0 Å². The van der Waals surface area contributed by atoms with Crippen LogP contribution in [0.2, 0.25) is 0 Å². The summed E-state index contributed by atoms with van der Waals surface area (Å²) in [6.45, 7) is 9.64. The molecule has 1 saturated heterocycles. The van der Waals surface area contributed by atoms with E-state index in [0.29, 0.717) is 5.54 Å². The molecule has 2 fully saturated rings. The average molecular weight is 196 g/mol. The molecule has 1 aliphatic carbocycles. The molecule has 0 radical (unpaired) electrons. The first-order chi connectivity index (χ1) is 6.52. The summed E-state index contributed by atoms with van der Waals surface area (Å²) in [4.78, 5) is 2.66. The van der Waals surface area contributed by atoms with Crippen molar-refractivity contribution in [1.82, 2.24) is 10.2 Å². The summed E-state index contributed by atoms with van der Waals surface area (Å²) in [5.41, 5.74) is 0.364. The maximum absolute atomic E-state index is 3.48. The van der Waals surface area contributed by atoms with E-state index in [4.69, 9.17) is 0 Å². The molecule has 1 N–H and O–H groups in total. The Morgan fingerprint density at radius 3 is 2.43 bits per heavy atom. The number of fused-ring (bicyclic) bond motifs is 1. The molecule has 0 bridgehead atoms. The molecule has 0 aromatic carbocycles. The SMILES string of the molecule is CN[C@@H]1CC[C@H]2CN(C(C)(C)C)C[C@@H]21. The smallest absolute Gasteiger partial charge is 0.0125 e. The van der Waals surface area contributed by atoms with Crippen LogP contribution in [0.15, 0.2) is 0 Å². The van der Waals surface area contributed by atoms with Gasteiger partial charge in [-0.05, 0) is 52.5 Å². The third-order valence-electron chi connectivity index (χ3n) is 4.18. The zero-order valence-corrected chi connectivity index (χ0v) is 10.0. The minimum Gasteiger partial charge on any atom is -0.317 e. The Kier molecular flexibility index (Phi) is 2.61. The summed E-state index contributed by atoms with van der Waals surface area (Å²) in [7, 11) is 2.12. The minimum atomic E-state index is 0.364. The summed E-state index contributed by atoms with van der Waals surface area (Å²) < 4.78 is 0. The maximum Gasteiger partial charge on any atom is 0.0125 e. The predicted molar refractivity (Wildman–Crippen MR) is 60.4 cm³/mol. The fraction of sp³-hybridized carbons (Fsp3) is 1.00. The topological polar surface area (TPSA) is 15.3 Å². The summed E-state index contributed by atoms with van der Waals surface area (Å²) in [6, 6.07) is 0.785. The monoisotopic (exact) mass is 196 g/mol. The van der Waals surface area contributed by atoms with Crippen molar-refractivity contribution >= 4 is 0 Å². The molecule has 0 aromatic heterocycles. The van der Waals surface area contributed by atoms with Gasteiger partial charge in [-0.1, -0.05) is 0 Å². The van der Waals surface area contributed by atoms with Gasteiger partial charge in [-0.15, -0.1) is 0 Å². The van der Waals surface area contributed by atoms with Gasteiger partial charge in [0.2, 0.25) is 0 Å². The Morgan fingerprint density at radius 2 is 1.86 bits per heavy atom. The van der Waals surface area contributed by atoms with E-state index in [1.165, 1.54) is 25.9 Å². The summed E-state index contributed by atoms with van der Waals surface area (Å²) >= 11 is 0. The molecule has 1 aliphatic heterocycles. The second-order valence-corrected chi connectivity index (χ2v) is 5.97. The third-order valence-corrected chi connectivity index (χ3v) is 4.18. The second kappa shape index (κ2) is 3.49. The summed E-state index contributed by atoms with van der Waals surface area (Å²) in [5.74, 6) is 1.88.